The summed E-state index contributed by atoms with van der Waals surface area (Å²) in [6.07, 6.45) is 1.71. The summed E-state index contributed by atoms with van der Waals surface area (Å²) in [6.45, 7) is 0.729. The fraction of sp³-hybridized carbons (Fsp3) is 0.0526. The van der Waals surface area contributed by atoms with Crippen LogP contribution in [0.4, 0.5) is 11.5 Å². The number of nitrogens with one attached hydrogen (secondary N) is 2. The van der Waals surface area contributed by atoms with Gasteiger partial charge in [-0.25, -0.2) is 4.98 Å². The Bertz CT molecular complexity index is 802. The van der Waals surface area contributed by atoms with E-state index in [1.807, 2.05) is 36.4 Å². The van der Waals surface area contributed by atoms with Gasteiger partial charge in [0.25, 0.3) is 5.91 Å². The molecule has 0 aliphatic rings. The van der Waals surface area contributed by atoms with Crippen molar-refractivity contribution in [3.8, 4) is 0 Å². The topological polar surface area (TPSA) is 54.0 Å². The Morgan fingerprint density at radius 1 is 0.958 bits per heavy atom. The van der Waals surface area contributed by atoms with E-state index in [1.54, 1.807) is 24.4 Å². The molecule has 3 aromatic rings. The molecule has 120 valence electrons. The molecule has 0 saturated carbocycles. The van der Waals surface area contributed by atoms with Crippen molar-refractivity contribution < 1.29 is 4.79 Å². The van der Waals surface area contributed by atoms with Crippen LogP contribution in [-0.4, -0.2) is 10.9 Å². The Morgan fingerprint density at radius 2 is 1.71 bits per heavy atom. The molecule has 1 heterocycles. The zero-order valence-corrected chi connectivity index (χ0v) is 14.5. The molecular formula is C19H16BrN3O. The molecule has 0 fully saturated rings. The first-order valence-corrected chi connectivity index (χ1v) is 8.31. The van der Waals surface area contributed by atoms with Gasteiger partial charge in [0.15, 0.2) is 0 Å². The maximum absolute atomic E-state index is 12.1. The van der Waals surface area contributed by atoms with Gasteiger partial charge in [0.2, 0.25) is 0 Å². The number of hydrogen-bond donors (Lipinski definition) is 2. The minimum atomic E-state index is -0.181. The van der Waals surface area contributed by atoms with E-state index in [4.69, 9.17) is 0 Å². The van der Waals surface area contributed by atoms with E-state index in [-0.39, 0.29) is 5.91 Å². The maximum atomic E-state index is 12.1. The van der Waals surface area contributed by atoms with Crippen molar-refractivity contribution in [3.63, 3.8) is 0 Å². The largest absolute Gasteiger partial charge is 0.380 e. The Morgan fingerprint density at radius 3 is 2.38 bits per heavy atom. The summed E-state index contributed by atoms with van der Waals surface area (Å²) in [5, 5.41) is 6.08. The van der Waals surface area contributed by atoms with Crippen molar-refractivity contribution in [2.75, 3.05) is 10.6 Å². The summed E-state index contributed by atoms with van der Waals surface area (Å²) in [7, 11) is 0. The number of carbonyl (C=O) groups excluding carboxylic acids is 1. The van der Waals surface area contributed by atoms with Gasteiger partial charge in [0.05, 0.1) is 11.9 Å². The Balaban J connectivity index is 1.58. The lowest BCUT2D eigenvalue weighted by molar-refractivity contribution is 0.102. The number of nitrogens with zero attached hydrogens (tertiary/aromatic N) is 1. The molecule has 5 heteroatoms. The minimum absolute atomic E-state index is 0.181. The highest BCUT2D eigenvalue weighted by molar-refractivity contribution is 9.10. The fourth-order valence-electron chi connectivity index (χ4n) is 2.16. The predicted molar refractivity (Wildman–Crippen MR) is 100 cm³/mol. The summed E-state index contributed by atoms with van der Waals surface area (Å²) in [5.41, 5.74) is 2.69. The zero-order valence-electron chi connectivity index (χ0n) is 12.9. The highest BCUT2D eigenvalue weighted by Gasteiger charge is 2.06. The van der Waals surface area contributed by atoms with Crippen LogP contribution >= 0.6 is 15.9 Å². The molecule has 4 nitrogen and oxygen atoms in total. The number of amides is 1. The third-order valence-corrected chi connectivity index (χ3v) is 3.98. The maximum Gasteiger partial charge on any atom is 0.256 e. The Kier molecular flexibility index (Phi) is 5.23. The number of rotatable bonds is 5. The standard InChI is InChI=1S/C19H16BrN3O/c20-16-8-6-15(7-9-16)19(24)23-18-11-10-17(13-22-18)21-12-14-4-2-1-3-5-14/h1-11,13,21H,12H2,(H,22,23,24). The minimum Gasteiger partial charge on any atom is -0.380 e. The van der Waals surface area contributed by atoms with Crippen LogP contribution in [0.1, 0.15) is 15.9 Å². The number of halogens is 1. The first-order chi connectivity index (χ1) is 11.7. The zero-order chi connectivity index (χ0) is 16.8. The predicted octanol–water partition coefficient (Wildman–Crippen LogP) is 4.71. The fourth-order valence-corrected chi connectivity index (χ4v) is 2.43. The molecule has 0 aliphatic carbocycles. The number of pyridine rings is 1. The summed E-state index contributed by atoms with van der Waals surface area (Å²) < 4.78 is 0.936. The first kappa shape index (κ1) is 16.2. The number of benzene rings is 2. The highest BCUT2D eigenvalue weighted by Crippen LogP contribution is 2.14. The van der Waals surface area contributed by atoms with E-state index in [0.717, 1.165) is 16.7 Å². The van der Waals surface area contributed by atoms with E-state index in [9.17, 15) is 4.79 Å². The number of anilines is 2. The number of aromatic nitrogens is 1. The van der Waals surface area contributed by atoms with Gasteiger partial charge in [-0.2, -0.15) is 0 Å². The lowest BCUT2D eigenvalue weighted by Crippen LogP contribution is -2.12. The van der Waals surface area contributed by atoms with E-state index in [2.05, 4.69) is 43.7 Å². The van der Waals surface area contributed by atoms with Crippen molar-refractivity contribution in [1.82, 2.24) is 4.98 Å². The third kappa shape index (κ3) is 4.43. The number of hydrogen-bond acceptors (Lipinski definition) is 3. The van der Waals surface area contributed by atoms with Crippen LogP contribution in [0, 0.1) is 0 Å². The summed E-state index contributed by atoms with van der Waals surface area (Å²) >= 11 is 3.35. The monoisotopic (exact) mass is 381 g/mol. The molecule has 0 bridgehead atoms. The molecule has 0 radical (unpaired) electrons. The summed E-state index contributed by atoms with van der Waals surface area (Å²) in [5.74, 6) is 0.341. The van der Waals surface area contributed by atoms with Gasteiger partial charge in [-0.1, -0.05) is 46.3 Å². The van der Waals surface area contributed by atoms with Gasteiger partial charge in [0, 0.05) is 16.6 Å². The lowest BCUT2D eigenvalue weighted by Gasteiger charge is -2.08. The van der Waals surface area contributed by atoms with Gasteiger partial charge in [-0.05, 0) is 42.0 Å². The smallest absolute Gasteiger partial charge is 0.256 e. The van der Waals surface area contributed by atoms with Crippen LogP contribution in [-0.2, 0) is 6.54 Å². The molecule has 3 rings (SSSR count). The second-order valence-corrected chi connectivity index (χ2v) is 6.15. The van der Waals surface area contributed by atoms with E-state index < -0.39 is 0 Å². The van der Waals surface area contributed by atoms with Gasteiger partial charge < -0.3 is 10.6 Å². The van der Waals surface area contributed by atoms with Gasteiger partial charge in [-0.3, -0.25) is 4.79 Å². The van der Waals surface area contributed by atoms with E-state index in [0.29, 0.717) is 11.4 Å². The van der Waals surface area contributed by atoms with Crippen molar-refractivity contribution in [3.05, 3.63) is 88.5 Å². The van der Waals surface area contributed by atoms with Crippen LogP contribution < -0.4 is 10.6 Å². The highest BCUT2D eigenvalue weighted by atomic mass is 79.9. The normalized spacial score (nSPS) is 10.2. The summed E-state index contributed by atoms with van der Waals surface area (Å²) in [4.78, 5) is 16.4. The van der Waals surface area contributed by atoms with E-state index >= 15 is 0 Å². The Hall–Kier alpha value is -2.66. The van der Waals surface area contributed by atoms with Crippen LogP contribution in [0.25, 0.3) is 0 Å². The molecule has 2 N–H and O–H groups in total. The second-order valence-electron chi connectivity index (χ2n) is 5.23. The summed E-state index contributed by atoms with van der Waals surface area (Å²) in [6, 6.07) is 21.0. The SMILES string of the molecule is O=C(Nc1ccc(NCc2ccccc2)cn1)c1ccc(Br)cc1. The molecule has 0 unspecified atom stereocenters. The van der Waals surface area contributed by atoms with Gasteiger partial charge in [0.1, 0.15) is 5.82 Å². The average molecular weight is 382 g/mol. The van der Waals surface area contributed by atoms with Crippen molar-refractivity contribution in [2.24, 2.45) is 0 Å². The van der Waals surface area contributed by atoms with Crippen LogP contribution in [0.3, 0.4) is 0 Å². The molecule has 24 heavy (non-hydrogen) atoms. The molecule has 0 saturated heterocycles. The quantitative estimate of drug-likeness (QED) is 0.672. The number of carbonyl (C=O) groups is 1. The van der Waals surface area contributed by atoms with Crippen molar-refractivity contribution in [1.29, 1.82) is 0 Å². The van der Waals surface area contributed by atoms with Crippen LogP contribution in [0.5, 0.6) is 0 Å². The molecule has 0 spiro atoms. The third-order valence-electron chi connectivity index (χ3n) is 3.45. The molecular weight excluding hydrogens is 366 g/mol. The van der Waals surface area contributed by atoms with Gasteiger partial charge >= 0.3 is 0 Å². The lowest BCUT2D eigenvalue weighted by atomic mass is 10.2. The Labute approximate surface area is 149 Å². The second kappa shape index (κ2) is 7.75. The molecule has 0 atom stereocenters. The molecule has 1 amide bonds. The molecule has 2 aromatic carbocycles. The van der Waals surface area contributed by atoms with Gasteiger partial charge in [-0.15, -0.1) is 0 Å². The average Bonchev–Trinajstić information content (AvgIpc) is 2.62. The first-order valence-electron chi connectivity index (χ1n) is 7.51. The molecule has 0 aliphatic heterocycles. The van der Waals surface area contributed by atoms with Crippen LogP contribution in [0.15, 0.2) is 77.4 Å². The van der Waals surface area contributed by atoms with Crippen molar-refractivity contribution in [2.45, 2.75) is 6.54 Å². The van der Waals surface area contributed by atoms with E-state index in [1.165, 1.54) is 5.56 Å². The van der Waals surface area contributed by atoms with Crippen LogP contribution in [0.2, 0.25) is 0 Å². The van der Waals surface area contributed by atoms with Crippen molar-refractivity contribution >= 4 is 33.3 Å². The molecule has 1 aromatic heterocycles.